The van der Waals surface area contributed by atoms with Gasteiger partial charge in [0.2, 0.25) is 5.82 Å². The lowest BCUT2D eigenvalue weighted by molar-refractivity contribution is 0.517. The Kier molecular flexibility index (Phi) is 7.04. The highest BCUT2D eigenvalue weighted by molar-refractivity contribution is 5.80. The maximum absolute atomic E-state index is 14.3. The number of nitrogens with one attached hydrogen (secondary N) is 1. The molecular formula is C34H34N8O2. The van der Waals surface area contributed by atoms with Crippen molar-refractivity contribution < 1.29 is 0 Å². The van der Waals surface area contributed by atoms with Crippen LogP contribution in [0.1, 0.15) is 62.5 Å². The molecule has 222 valence electrons. The first-order valence-electron chi connectivity index (χ1n) is 15.1. The van der Waals surface area contributed by atoms with E-state index in [1.807, 2.05) is 66.1 Å². The maximum atomic E-state index is 14.3. The molecule has 1 aliphatic carbocycles. The first kappa shape index (κ1) is 27.7. The summed E-state index contributed by atoms with van der Waals surface area (Å²) in [5.74, 6) is 1.81. The highest BCUT2D eigenvalue weighted by Crippen LogP contribution is 2.32. The van der Waals surface area contributed by atoms with Gasteiger partial charge in [0.25, 0.3) is 5.56 Å². The molecule has 1 saturated carbocycles. The summed E-state index contributed by atoms with van der Waals surface area (Å²) in [6, 6.07) is 25.5. The van der Waals surface area contributed by atoms with Crippen LogP contribution >= 0.6 is 0 Å². The molecule has 0 saturated heterocycles. The molecule has 0 aliphatic heterocycles. The van der Waals surface area contributed by atoms with E-state index in [4.69, 9.17) is 4.98 Å². The summed E-state index contributed by atoms with van der Waals surface area (Å²) in [5.41, 5.74) is 5.20. The minimum absolute atomic E-state index is 0.0485. The third kappa shape index (κ3) is 4.96. The van der Waals surface area contributed by atoms with Crippen LogP contribution in [0.3, 0.4) is 0 Å². The average molecular weight is 587 g/mol. The number of hydrogen-bond acceptors (Lipinski definition) is 6. The Hall–Kier alpha value is -5.12. The van der Waals surface area contributed by atoms with Crippen LogP contribution < -0.4 is 11.2 Å². The molecule has 44 heavy (non-hydrogen) atoms. The van der Waals surface area contributed by atoms with Gasteiger partial charge in [0.1, 0.15) is 5.82 Å². The number of fused-ring (bicyclic) bond motifs is 1. The number of imidazole rings is 1. The average Bonchev–Trinajstić information content (AvgIpc) is 3.53. The van der Waals surface area contributed by atoms with Gasteiger partial charge in [-0.25, -0.2) is 9.78 Å². The number of nitrogens with zero attached hydrogens (tertiary/aromatic N) is 7. The molecule has 10 nitrogen and oxygen atoms in total. The zero-order chi connectivity index (χ0) is 30.4. The molecule has 1 aliphatic rings. The monoisotopic (exact) mass is 586 g/mol. The number of aromatic amines is 1. The Labute approximate surface area is 254 Å². The van der Waals surface area contributed by atoms with Crippen LogP contribution in [0.5, 0.6) is 0 Å². The number of rotatable bonds is 9. The molecule has 1 unspecified atom stereocenters. The fraction of sp³-hybridized carbons (Fsp3) is 0.294. The van der Waals surface area contributed by atoms with Gasteiger partial charge >= 0.3 is 5.69 Å². The fourth-order valence-electron chi connectivity index (χ4n) is 6.00. The molecule has 3 aromatic heterocycles. The van der Waals surface area contributed by atoms with Gasteiger partial charge in [0, 0.05) is 24.6 Å². The van der Waals surface area contributed by atoms with Crippen molar-refractivity contribution >= 4 is 11.2 Å². The topological polar surface area (TPSA) is 116 Å². The number of benzene rings is 3. The van der Waals surface area contributed by atoms with E-state index in [1.165, 1.54) is 4.57 Å². The quantitative estimate of drug-likeness (QED) is 0.243. The lowest BCUT2D eigenvalue weighted by Crippen LogP contribution is -2.42. The van der Waals surface area contributed by atoms with Crippen molar-refractivity contribution in [3.8, 4) is 22.5 Å². The molecule has 0 radical (unpaired) electrons. The van der Waals surface area contributed by atoms with E-state index in [0.717, 1.165) is 46.5 Å². The van der Waals surface area contributed by atoms with Crippen LogP contribution in [-0.2, 0) is 13.1 Å². The van der Waals surface area contributed by atoms with E-state index in [1.54, 1.807) is 4.57 Å². The van der Waals surface area contributed by atoms with Crippen LogP contribution in [0.4, 0.5) is 0 Å². The van der Waals surface area contributed by atoms with E-state index in [0.29, 0.717) is 36.0 Å². The predicted octanol–water partition coefficient (Wildman–Crippen LogP) is 5.40. The van der Waals surface area contributed by atoms with E-state index >= 15 is 0 Å². The van der Waals surface area contributed by atoms with Crippen molar-refractivity contribution in [3.05, 3.63) is 117 Å². The zero-order valence-corrected chi connectivity index (χ0v) is 25.0. The number of tetrazole rings is 1. The highest BCUT2D eigenvalue weighted by Gasteiger charge is 2.29. The van der Waals surface area contributed by atoms with Gasteiger partial charge in [0.15, 0.2) is 11.2 Å². The van der Waals surface area contributed by atoms with E-state index in [-0.39, 0.29) is 17.2 Å². The molecule has 6 aromatic rings. The lowest BCUT2D eigenvalue weighted by Gasteiger charge is -2.18. The summed E-state index contributed by atoms with van der Waals surface area (Å²) in [6.07, 6.45) is 2.17. The maximum Gasteiger partial charge on any atom is 0.333 e. The van der Waals surface area contributed by atoms with Crippen molar-refractivity contribution in [3.63, 3.8) is 0 Å². The summed E-state index contributed by atoms with van der Waals surface area (Å²) in [6.45, 7) is 7.09. The third-order valence-electron chi connectivity index (χ3n) is 8.54. The molecule has 3 heterocycles. The highest BCUT2D eigenvalue weighted by atomic mass is 16.2. The normalized spacial score (nSPS) is 14.0. The lowest BCUT2D eigenvalue weighted by atomic mass is 9.98. The first-order valence-corrected chi connectivity index (χ1v) is 15.1. The van der Waals surface area contributed by atoms with Gasteiger partial charge in [-0.05, 0) is 53.2 Å². The van der Waals surface area contributed by atoms with Gasteiger partial charge in [-0.3, -0.25) is 13.9 Å². The summed E-state index contributed by atoms with van der Waals surface area (Å²) in [7, 11) is 0. The van der Waals surface area contributed by atoms with Crippen molar-refractivity contribution in [2.75, 3.05) is 0 Å². The molecule has 7 rings (SSSR count). The Balaban J connectivity index is 1.34. The van der Waals surface area contributed by atoms with Gasteiger partial charge in [-0.15, -0.1) is 10.2 Å². The molecular weight excluding hydrogens is 552 g/mol. The smallest absolute Gasteiger partial charge is 0.317 e. The summed E-state index contributed by atoms with van der Waals surface area (Å²) in [5, 5.41) is 14.6. The van der Waals surface area contributed by atoms with E-state index in [9.17, 15) is 9.59 Å². The minimum Gasteiger partial charge on any atom is -0.317 e. The Morgan fingerprint density at radius 2 is 1.57 bits per heavy atom. The van der Waals surface area contributed by atoms with Crippen LogP contribution in [0, 0.1) is 5.92 Å². The van der Waals surface area contributed by atoms with E-state index in [2.05, 4.69) is 58.7 Å². The van der Waals surface area contributed by atoms with Crippen molar-refractivity contribution in [1.82, 2.24) is 39.3 Å². The molecule has 10 heteroatoms. The molecule has 0 amide bonds. The van der Waals surface area contributed by atoms with Crippen LogP contribution in [0.25, 0.3) is 33.7 Å². The molecule has 1 atom stereocenters. The predicted molar refractivity (Wildman–Crippen MR) is 169 cm³/mol. The van der Waals surface area contributed by atoms with Crippen molar-refractivity contribution in [2.24, 2.45) is 5.92 Å². The molecule has 1 N–H and O–H groups in total. The van der Waals surface area contributed by atoms with Crippen molar-refractivity contribution in [2.45, 2.75) is 58.7 Å². The molecule has 0 bridgehead atoms. The van der Waals surface area contributed by atoms with Gasteiger partial charge < -0.3 is 4.57 Å². The Morgan fingerprint density at radius 1 is 0.864 bits per heavy atom. The van der Waals surface area contributed by atoms with E-state index < -0.39 is 6.04 Å². The second-order valence-electron chi connectivity index (χ2n) is 12.0. The SMILES string of the molecule is CC(C)c1nc2c(c(=O)n(C(C)c3ccccc3)c(=O)n2CC2CC2)n1Cc1ccc(-c2ccccc2-c2nn[nH]n2)cc1. The Morgan fingerprint density at radius 3 is 2.23 bits per heavy atom. The molecule has 0 spiro atoms. The second-order valence-corrected chi connectivity index (χ2v) is 12.0. The van der Waals surface area contributed by atoms with Gasteiger partial charge in [-0.1, -0.05) is 92.7 Å². The van der Waals surface area contributed by atoms with Crippen molar-refractivity contribution in [1.29, 1.82) is 0 Å². The summed E-state index contributed by atoms with van der Waals surface area (Å²) < 4.78 is 5.18. The Bertz CT molecular complexity index is 2050. The van der Waals surface area contributed by atoms with Crippen LogP contribution in [0.2, 0.25) is 0 Å². The van der Waals surface area contributed by atoms with Gasteiger partial charge in [0.05, 0.1) is 6.04 Å². The van der Waals surface area contributed by atoms with Crippen LogP contribution in [-0.4, -0.2) is 39.3 Å². The first-order chi connectivity index (χ1) is 21.4. The van der Waals surface area contributed by atoms with Crippen LogP contribution in [0.15, 0.2) is 88.5 Å². The number of hydrogen-bond donors (Lipinski definition) is 1. The summed E-state index contributed by atoms with van der Waals surface area (Å²) >= 11 is 0. The standard InChI is InChI=1S/C34H34N8O2/c1-21(2)31-35-32-29(33(43)42(22(3)25-9-5-4-6-10-25)34(44)41(32)20-23-13-14-23)40(31)19-24-15-17-26(18-16-24)27-11-7-8-12-28(27)30-36-38-39-37-30/h4-12,15-18,21-23H,13-14,19-20H2,1-3H3,(H,36,37,38,39). The largest absolute Gasteiger partial charge is 0.333 e. The molecule has 3 aromatic carbocycles. The minimum atomic E-state index is -0.421. The number of aromatic nitrogens is 8. The second kappa shape index (κ2) is 11.2. The molecule has 1 fully saturated rings. The fourth-order valence-corrected chi connectivity index (χ4v) is 6.00. The third-order valence-corrected chi connectivity index (χ3v) is 8.54. The zero-order valence-electron chi connectivity index (χ0n) is 25.0. The number of H-pyrrole nitrogens is 1. The van der Waals surface area contributed by atoms with Gasteiger partial charge in [-0.2, -0.15) is 5.21 Å². The summed E-state index contributed by atoms with van der Waals surface area (Å²) in [4.78, 5) is 33.3.